The molecule has 1 fully saturated rings. The summed E-state index contributed by atoms with van der Waals surface area (Å²) >= 11 is 6.46. The van der Waals surface area contributed by atoms with Crippen LogP contribution >= 0.6 is 11.6 Å². The summed E-state index contributed by atoms with van der Waals surface area (Å²) in [5, 5.41) is 7.78. The van der Waals surface area contributed by atoms with E-state index in [9.17, 15) is 4.79 Å². The summed E-state index contributed by atoms with van der Waals surface area (Å²) in [6.07, 6.45) is 3.33. The highest BCUT2D eigenvalue weighted by Gasteiger charge is 2.22. The van der Waals surface area contributed by atoms with Crippen molar-refractivity contribution in [2.75, 3.05) is 38.7 Å². The number of carbonyl (C=O) groups excluding carboxylic acids is 1. The number of aromatic amines is 1. The monoisotopic (exact) mass is 467 g/mol. The maximum absolute atomic E-state index is 13.0. The number of imidazole rings is 1. The summed E-state index contributed by atoms with van der Waals surface area (Å²) in [4.78, 5) is 31.5. The molecule has 1 saturated heterocycles. The quantitative estimate of drug-likeness (QED) is 0.403. The molecule has 1 aromatic carbocycles. The van der Waals surface area contributed by atoms with Crippen LogP contribution in [0.1, 0.15) is 16.2 Å². The molecule has 170 valence electrons. The van der Waals surface area contributed by atoms with E-state index in [0.29, 0.717) is 53.0 Å². The maximum atomic E-state index is 13.0. The highest BCUT2D eigenvalue weighted by Crippen LogP contribution is 2.31. The maximum Gasteiger partial charge on any atom is 0.274 e. The second kappa shape index (κ2) is 8.77. The van der Waals surface area contributed by atoms with Gasteiger partial charge in [-0.25, -0.2) is 19.6 Å². The first kappa shape index (κ1) is 21.3. The van der Waals surface area contributed by atoms with E-state index in [-0.39, 0.29) is 11.5 Å². The van der Waals surface area contributed by atoms with Crippen molar-refractivity contribution in [2.45, 2.75) is 6.92 Å². The number of aryl methyl sites for hydroxylation is 1. The number of aromatic nitrogens is 6. The van der Waals surface area contributed by atoms with Crippen molar-refractivity contribution in [1.29, 1.82) is 0 Å². The lowest BCUT2D eigenvalue weighted by atomic mass is 10.1. The van der Waals surface area contributed by atoms with Gasteiger partial charge in [0.05, 0.1) is 48.0 Å². The van der Waals surface area contributed by atoms with Crippen LogP contribution in [0.15, 0.2) is 30.7 Å². The number of benzene rings is 1. The Bertz CT molecular complexity index is 1330. The van der Waals surface area contributed by atoms with Crippen LogP contribution in [-0.2, 0) is 4.74 Å². The predicted molar refractivity (Wildman–Crippen MR) is 123 cm³/mol. The second-order valence-corrected chi connectivity index (χ2v) is 8.09. The Kier molecular flexibility index (Phi) is 5.67. The Labute approximate surface area is 193 Å². The van der Waals surface area contributed by atoms with E-state index in [0.717, 1.165) is 18.8 Å². The molecule has 4 aromatic rings. The fraction of sp³-hybridized carbons (Fsp3) is 0.286. The number of amides is 1. The molecule has 11 nitrogen and oxygen atoms in total. The van der Waals surface area contributed by atoms with Crippen molar-refractivity contribution in [3.8, 4) is 17.1 Å². The summed E-state index contributed by atoms with van der Waals surface area (Å²) in [7, 11) is 0. The summed E-state index contributed by atoms with van der Waals surface area (Å²) < 4.78 is 6.92. The molecular formula is C21H22ClN9O2. The third kappa shape index (κ3) is 4.25. The van der Waals surface area contributed by atoms with Crippen LogP contribution in [-0.4, -0.2) is 73.5 Å². The Hall–Kier alpha value is -3.54. The summed E-state index contributed by atoms with van der Waals surface area (Å²) in [5.74, 6) is -0.0208. The largest absolute Gasteiger partial charge is 0.382 e. The zero-order valence-corrected chi connectivity index (χ0v) is 18.6. The van der Waals surface area contributed by atoms with E-state index < -0.39 is 5.91 Å². The first-order valence-corrected chi connectivity index (χ1v) is 10.8. The SMILES string of the molecule is Cc1ccn(-c2nc(N)c(C(=O)NCN3CCOCC3)nc2-c2cc(Cl)c3[nH]cnc3c2)n1. The molecule has 0 spiro atoms. The number of hydrogen-bond acceptors (Lipinski definition) is 8. The van der Waals surface area contributed by atoms with Gasteiger partial charge in [-0.2, -0.15) is 5.10 Å². The van der Waals surface area contributed by atoms with Gasteiger partial charge >= 0.3 is 0 Å². The number of carbonyl (C=O) groups is 1. The number of morpholine rings is 1. The van der Waals surface area contributed by atoms with E-state index in [1.165, 1.54) is 0 Å². The molecule has 1 aliphatic heterocycles. The molecule has 4 N–H and O–H groups in total. The third-order valence-corrected chi connectivity index (χ3v) is 5.68. The number of H-pyrrole nitrogens is 1. The Balaban J connectivity index is 1.56. The fourth-order valence-corrected chi connectivity index (χ4v) is 3.93. The first-order chi connectivity index (χ1) is 16.0. The van der Waals surface area contributed by atoms with Crippen LogP contribution in [0, 0.1) is 6.92 Å². The van der Waals surface area contributed by atoms with E-state index in [1.54, 1.807) is 23.3 Å². The predicted octanol–water partition coefficient (Wildman–Crippen LogP) is 1.77. The van der Waals surface area contributed by atoms with Crippen molar-refractivity contribution >= 4 is 34.4 Å². The molecule has 3 aromatic heterocycles. The number of fused-ring (bicyclic) bond motifs is 1. The van der Waals surface area contributed by atoms with Crippen LogP contribution in [0.5, 0.6) is 0 Å². The van der Waals surface area contributed by atoms with Crippen LogP contribution in [0.2, 0.25) is 5.02 Å². The van der Waals surface area contributed by atoms with E-state index in [4.69, 9.17) is 22.1 Å². The number of nitrogens with two attached hydrogens (primary N) is 1. The average molecular weight is 468 g/mol. The number of rotatable bonds is 5. The molecule has 1 amide bonds. The number of ether oxygens (including phenoxy) is 1. The lowest BCUT2D eigenvalue weighted by molar-refractivity contribution is 0.0334. The molecule has 1 aliphatic rings. The molecular weight excluding hydrogens is 446 g/mol. The van der Waals surface area contributed by atoms with Crippen LogP contribution in [0.3, 0.4) is 0 Å². The lowest BCUT2D eigenvalue weighted by Gasteiger charge is -2.26. The molecule has 33 heavy (non-hydrogen) atoms. The number of nitrogens with zero attached hydrogens (tertiary/aromatic N) is 6. The van der Waals surface area contributed by atoms with Gasteiger partial charge < -0.3 is 20.8 Å². The van der Waals surface area contributed by atoms with Gasteiger partial charge in [0.25, 0.3) is 5.91 Å². The Morgan fingerprint density at radius 2 is 2.12 bits per heavy atom. The van der Waals surface area contributed by atoms with Crippen LogP contribution in [0.4, 0.5) is 5.82 Å². The first-order valence-electron chi connectivity index (χ1n) is 10.4. The van der Waals surface area contributed by atoms with Crippen molar-refractivity contribution in [1.82, 2.24) is 39.9 Å². The van der Waals surface area contributed by atoms with Crippen molar-refractivity contribution in [2.24, 2.45) is 0 Å². The summed E-state index contributed by atoms with van der Waals surface area (Å²) in [6.45, 7) is 4.99. The minimum atomic E-state index is -0.414. The molecule has 0 unspecified atom stereocenters. The van der Waals surface area contributed by atoms with Crippen LogP contribution in [0.25, 0.3) is 28.1 Å². The van der Waals surface area contributed by atoms with Gasteiger partial charge in [-0.15, -0.1) is 0 Å². The van der Waals surface area contributed by atoms with Gasteiger partial charge in [0, 0.05) is 24.8 Å². The van der Waals surface area contributed by atoms with E-state index in [2.05, 4.69) is 35.3 Å². The average Bonchev–Trinajstić information content (AvgIpc) is 3.47. The van der Waals surface area contributed by atoms with Gasteiger partial charge in [0.15, 0.2) is 17.3 Å². The number of nitrogen functional groups attached to an aromatic ring is 1. The van der Waals surface area contributed by atoms with Gasteiger partial charge in [-0.3, -0.25) is 9.69 Å². The third-order valence-electron chi connectivity index (χ3n) is 5.38. The lowest BCUT2D eigenvalue weighted by Crippen LogP contribution is -2.44. The zero-order valence-electron chi connectivity index (χ0n) is 17.9. The Morgan fingerprint density at radius 1 is 1.30 bits per heavy atom. The molecule has 0 bridgehead atoms. The topological polar surface area (TPSA) is 140 Å². The molecule has 5 rings (SSSR count). The number of nitrogens with one attached hydrogen (secondary N) is 2. The molecule has 12 heteroatoms. The van der Waals surface area contributed by atoms with E-state index >= 15 is 0 Å². The van der Waals surface area contributed by atoms with Gasteiger partial charge in [0.1, 0.15) is 5.69 Å². The van der Waals surface area contributed by atoms with E-state index in [1.807, 2.05) is 19.1 Å². The minimum Gasteiger partial charge on any atom is -0.382 e. The minimum absolute atomic E-state index is 0.00771. The molecule has 0 radical (unpaired) electrons. The van der Waals surface area contributed by atoms with Crippen molar-refractivity contribution < 1.29 is 9.53 Å². The van der Waals surface area contributed by atoms with Crippen molar-refractivity contribution in [3.63, 3.8) is 0 Å². The second-order valence-electron chi connectivity index (χ2n) is 7.68. The molecule has 0 saturated carbocycles. The normalized spacial score (nSPS) is 14.6. The zero-order chi connectivity index (χ0) is 22.9. The number of anilines is 1. The van der Waals surface area contributed by atoms with Gasteiger partial charge in [-0.05, 0) is 25.1 Å². The molecule has 0 atom stereocenters. The number of hydrogen-bond donors (Lipinski definition) is 3. The molecule has 4 heterocycles. The smallest absolute Gasteiger partial charge is 0.274 e. The highest BCUT2D eigenvalue weighted by atomic mass is 35.5. The van der Waals surface area contributed by atoms with Gasteiger partial charge in [0.2, 0.25) is 0 Å². The fourth-order valence-electron chi connectivity index (χ4n) is 3.66. The summed E-state index contributed by atoms with van der Waals surface area (Å²) in [6, 6.07) is 5.42. The van der Waals surface area contributed by atoms with Gasteiger partial charge in [-0.1, -0.05) is 11.6 Å². The number of halogens is 1. The summed E-state index contributed by atoms with van der Waals surface area (Å²) in [5.41, 5.74) is 9.43. The van der Waals surface area contributed by atoms with Crippen LogP contribution < -0.4 is 11.1 Å². The van der Waals surface area contributed by atoms with Crippen molar-refractivity contribution in [3.05, 3.63) is 47.1 Å². The molecule has 0 aliphatic carbocycles. The Morgan fingerprint density at radius 3 is 2.88 bits per heavy atom. The highest BCUT2D eigenvalue weighted by molar-refractivity contribution is 6.35. The standard InChI is InChI=1S/C21H22ClN9O2/c1-12-2-3-31(29-12)20-16(13-8-14(22)17-15(9-13)24-10-25-17)27-18(19(23)28-20)21(32)26-11-30-4-6-33-7-5-30/h2-3,8-10H,4-7,11H2,1H3,(H2,23,28)(H,24,25)(H,26,32).